The number of alkyl halides is 2. The molecule has 4 heteroatoms. The van der Waals surface area contributed by atoms with Crippen LogP contribution in [0.1, 0.15) is 13.3 Å². The predicted molar refractivity (Wildman–Crippen MR) is 54.4 cm³/mol. The molecule has 1 N–H and O–H groups in total. The topological polar surface area (TPSA) is 15.3 Å². The summed E-state index contributed by atoms with van der Waals surface area (Å²) in [6, 6.07) is 0. The molecule has 14 heavy (non-hydrogen) atoms. The van der Waals surface area contributed by atoms with Crippen molar-refractivity contribution < 1.29 is 8.78 Å². The molecule has 0 aliphatic rings. The number of hydrogen-bond acceptors (Lipinski definition) is 2. The molecule has 0 fully saturated rings. The Morgan fingerprint density at radius 3 is 2.57 bits per heavy atom. The Hall–Kier alpha value is -0.660. The second-order valence-corrected chi connectivity index (χ2v) is 3.30. The van der Waals surface area contributed by atoms with Gasteiger partial charge in [-0.1, -0.05) is 12.8 Å². The lowest BCUT2D eigenvalue weighted by Crippen LogP contribution is -2.43. The fourth-order valence-electron chi connectivity index (χ4n) is 1.30. The summed E-state index contributed by atoms with van der Waals surface area (Å²) in [5.74, 6) is -0.318. The van der Waals surface area contributed by atoms with Crippen LogP contribution in [0.25, 0.3) is 0 Å². The van der Waals surface area contributed by atoms with Crippen molar-refractivity contribution >= 4 is 0 Å². The van der Waals surface area contributed by atoms with Crippen molar-refractivity contribution in [1.29, 1.82) is 0 Å². The van der Waals surface area contributed by atoms with E-state index in [4.69, 9.17) is 6.42 Å². The van der Waals surface area contributed by atoms with Gasteiger partial charge in [-0.2, -0.15) is 0 Å². The SMILES string of the molecule is C#CCN(CCC)CC(F)(F)CNC. The first kappa shape index (κ1) is 13.3. The van der Waals surface area contributed by atoms with Gasteiger partial charge in [0.15, 0.2) is 0 Å². The molecular weight excluding hydrogens is 186 g/mol. The van der Waals surface area contributed by atoms with Gasteiger partial charge in [-0.15, -0.1) is 6.42 Å². The Kier molecular flexibility index (Phi) is 6.43. The zero-order valence-corrected chi connectivity index (χ0v) is 8.82. The molecule has 0 spiro atoms. The van der Waals surface area contributed by atoms with E-state index in [2.05, 4.69) is 11.2 Å². The van der Waals surface area contributed by atoms with Crippen molar-refractivity contribution in [3.8, 4) is 12.3 Å². The first-order valence-corrected chi connectivity index (χ1v) is 4.74. The van der Waals surface area contributed by atoms with Crippen LogP contribution in [0.2, 0.25) is 0 Å². The van der Waals surface area contributed by atoms with Crippen molar-refractivity contribution in [2.45, 2.75) is 19.3 Å². The Bertz CT molecular complexity index is 187. The lowest BCUT2D eigenvalue weighted by Gasteiger charge is -2.25. The molecule has 0 aromatic carbocycles. The second kappa shape index (κ2) is 6.74. The van der Waals surface area contributed by atoms with Gasteiger partial charge in [0.2, 0.25) is 0 Å². The summed E-state index contributed by atoms with van der Waals surface area (Å²) in [7, 11) is 1.51. The van der Waals surface area contributed by atoms with Gasteiger partial charge in [0, 0.05) is 0 Å². The molecule has 0 atom stereocenters. The Morgan fingerprint density at radius 1 is 1.50 bits per heavy atom. The normalized spacial score (nSPS) is 11.7. The molecule has 0 aliphatic heterocycles. The largest absolute Gasteiger partial charge is 0.314 e. The van der Waals surface area contributed by atoms with Gasteiger partial charge in [-0.05, 0) is 20.0 Å². The molecule has 82 valence electrons. The van der Waals surface area contributed by atoms with Crippen LogP contribution >= 0.6 is 0 Å². The molecule has 0 bridgehead atoms. The standard InChI is InChI=1S/C10H18F2N2/c1-4-6-14(7-5-2)9-10(11,12)8-13-3/h1,13H,5-9H2,2-3H3. The summed E-state index contributed by atoms with van der Waals surface area (Å²) in [4.78, 5) is 1.59. The van der Waals surface area contributed by atoms with Crippen molar-refractivity contribution in [3.05, 3.63) is 0 Å². The summed E-state index contributed by atoms with van der Waals surface area (Å²) in [6.07, 6.45) is 5.93. The predicted octanol–water partition coefficient (Wildman–Crippen LogP) is 1.19. The van der Waals surface area contributed by atoms with E-state index < -0.39 is 5.92 Å². The molecule has 0 aliphatic carbocycles. The smallest absolute Gasteiger partial charge is 0.272 e. The monoisotopic (exact) mass is 204 g/mol. The fourth-order valence-corrected chi connectivity index (χ4v) is 1.30. The summed E-state index contributed by atoms with van der Waals surface area (Å²) in [5.41, 5.74) is 0. The third-order valence-electron chi connectivity index (χ3n) is 1.75. The summed E-state index contributed by atoms with van der Waals surface area (Å²) in [5, 5.41) is 2.47. The fraction of sp³-hybridized carbons (Fsp3) is 0.800. The average molecular weight is 204 g/mol. The van der Waals surface area contributed by atoms with Gasteiger partial charge < -0.3 is 5.32 Å². The van der Waals surface area contributed by atoms with E-state index in [1.165, 1.54) is 7.05 Å². The van der Waals surface area contributed by atoms with E-state index in [1.807, 2.05) is 6.92 Å². The van der Waals surface area contributed by atoms with Gasteiger partial charge in [-0.3, -0.25) is 4.90 Å². The maximum absolute atomic E-state index is 13.1. The second-order valence-electron chi connectivity index (χ2n) is 3.30. The Labute approximate surface area is 84.7 Å². The number of halogens is 2. The minimum atomic E-state index is -2.71. The molecule has 0 aromatic heterocycles. The van der Waals surface area contributed by atoms with Crippen molar-refractivity contribution in [3.63, 3.8) is 0 Å². The highest BCUT2D eigenvalue weighted by atomic mass is 19.3. The van der Waals surface area contributed by atoms with Crippen molar-refractivity contribution in [1.82, 2.24) is 10.2 Å². The lowest BCUT2D eigenvalue weighted by atomic mass is 10.3. The molecule has 0 saturated carbocycles. The van der Waals surface area contributed by atoms with Gasteiger partial charge in [0.1, 0.15) is 0 Å². The van der Waals surface area contributed by atoms with Crippen molar-refractivity contribution in [2.24, 2.45) is 0 Å². The Morgan fingerprint density at radius 2 is 2.14 bits per heavy atom. The van der Waals surface area contributed by atoms with Crippen LogP contribution in [0.4, 0.5) is 8.78 Å². The van der Waals surface area contributed by atoms with Gasteiger partial charge >= 0.3 is 0 Å². The number of rotatable bonds is 7. The number of nitrogens with one attached hydrogen (secondary N) is 1. The average Bonchev–Trinajstić information content (AvgIpc) is 2.03. The molecule has 0 rings (SSSR count). The van der Waals surface area contributed by atoms with Crippen LogP contribution in [0, 0.1) is 12.3 Å². The molecular formula is C10H18F2N2. The molecule has 0 saturated heterocycles. The lowest BCUT2D eigenvalue weighted by molar-refractivity contribution is -0.0261. The highest BCUT2D eigenvalue weighted by Crippen LogP contribution is 2.13. The van der Waals surface area contributed by atoms with Crippen LogP contribution < -0.4 is 5.32 Å². The third kappa shape index (κ3) is 5.90. The highest BCUT2D eigenvalue weighted by molar-refractivity contribution is 4.89. The number of nitrogens with zero attached hydrogens (tertiary/aromatic N) is 1. The van der Waals surface area contributed by atoms with E-state index in [-0.39, 0.29) is 19.6 Å². The van der Waals surface area contributed by atoms with Crippen LogP contribution in [-0.4, -0.2) is 44.0 Å². The molecule has 0 amide bonds. The minimum Gasteiger partial charge on any atom is -0.314 e. The molecule has 0 heterocycles. The maximum Gasteiger partial charge on any atom is 0.272 e. The first-order valence-electron chi connectivity index (χ1n) is 4.74. The molecule has 0 radical (unpaired) electrons. The van der Waals surface area contributed by atoms with E-state index in [1.54, 1.807) is 4.90 Å². The molecule has 0 aromatic rings. The van der Waals surface area contributed by atoms with Crippen LogP contribution in [0.15, 0.2) is 0 Å². The number of terminal acetylenes is 1. The summed E-state index contributed by atoms with van der Waals surface area (Å²) in [6.45, 7) is 2.26. The maximum atomic E-state index is 13.1. The molecule has 2 nitrogen and oxygen atoms in total. The zero-order chi connectivity index (χ0) is 11.0. The van der Waals surface area contributed by atoms with Crippen LogP contribution in [0.5, 0.6) is 0 Å². The summed E-state index contributed by atoms with van der Waals surface area (Å²) >= 11 is 0. The minimum absolute atomic E-state index is 0.272. The van der Waals surface area contributed by atoms with E-state index in [0.29, 0.717) is 6.54 Å². The van der Waals surface area contributed by atoms with Crippen LogP contribution in [0.3, 0.4) is 0 Å². The van der Waals surface area contributed by atoms with Gasteiger partial charge in [0.05, 0.1) is 19.6 Å². The van der Waals surface area contributed by atoms with Crippen LogP contribution in [-0.2, 0) is 0 Å². The summed E-state index contributed by atoms with van der Waals surface area (Å²) < 4.78 is 26.3. The van der Waals surface area contributed by atoms with E-state index in [0.717, 1.165) is 6.42 Å². The Balaban J connectivity index is 4.06. The zero-order valence-electron chi connectivity index (χ0n) is 8.82. The number of hydrogen-bond donors (Lipinski definition) is 1. The van der Waals surface area contributed by atoms with Gasteiger partial charge in [0.25, 0.3) is 5.92 Å². The van der Waals surface area contributed by atoms with E-state index in [9.17, 15) is 8.78 Å². The van der Waals surface area contributed by atoms with Crippen molar-refractivity contribution in [2.75, 3.05) is 33.2 Å². The third-order valence-corrected chi connectivity index (χ3v) is 1.75. The first-order chi connectivity index (χ1) is 6.55. The van der Waals surface area contributed by atoms with E-state index >= 15 is 0 Å². The van der Waals surface area contributed by atoms with Gasteiger partial charge in [-0.25, -0.2) is 8.78 Å². The quantitative estimate of drug-likeness (QED) is 0.627. The molecule has 0 unspecified atom stereocenters. The highest BCUT2D eigenvalue weighted by Gasteiger charge is 2.30.